The van der Waals surface area contributed by atoms with Crippen LogP contribution in [-0.4, -0.2) is 65.5 Å². The molecule has 1 aromatic heterocycles. The SMILES string of the molecule is CC(C)(C)OC(=O)NCCCCCCNS(=O)(=O)C1CCC(Nc2cc([C@H]3CC[C@@H](O)C3)n(C(C)(C)C)n2)CC1. The normalized spacial score (nSPS) is 24.2. The van der Waals surface area contributed by atoms with Crippen molar-refractivity contribution in [3.05, 3.63) is 11.8 Å². The number of ether oxygens (including phenoxy) is 1. The summed E-state index contributed by atoms with van der Waals surface area (Å²) < 4.78 is 35.9. The molecule has 230 valence electrons. The average Bonchev–Trinajstić information content (AvgIpc) is 3.46. The second-order valence-electron chi connectivity index (χ2n) is 13.6. The third kappa shape index (κ3) is 10.2. The Morgan fingerprint density at radius 2 is 1.65 bits per heavy atom. The van der Waals surface area contributed by atoms with Crippen molar-refractivity contribution < 1.29 is 23.1 Å². The van der Waals surface area contributed by atoms with Gasteiger partial charge in [-0.1, -0.05) is 12.8 Å². The molecule has 11 heteroatoms. The minimum Gasteiger partial charge on any atom is -0.444 e. The molecule has 40 heavy (non-hydrogen) atoms. The van der Waals surface area contributed by atoms with Crippen molar-refractivity contribution in [3.8, 4) is 0 Å². The van der Waals surface area contributed by atoms with Crippen LogP contribution < -0.4 is 15.4 Å². The predicted molar refractivity (Wildman–Crippen MR) is 159 cm³/mol. The minimum absolute atomic E-state index is 0.156. The van der Waals surface area contributed by atoms with Gasteiger partial charge in [-0.05, 0) is 99.3 Å². The van der Waals surface area contributed by atoms with Crippen LogP contribution in [0.1, 0.15) is 124 Å². The summed E-state index contributed by atoms with van der Waals surface area (Å²) in [5.41, 5.74) is 0.515. The molecule has 0 aromatic carbocycles. The number of unbranched alkanes of at least 4 members (excludes halogenated alkanes) is 3. The van der Waals surface area contributed by atoms with Crippen LogP contribution in [-0.2, 0) is 20.3 Å². The van der Waals surface area contributed by atoms with Gasteiger partial charge in [0, 0.05) is 36.8 Å². The molecule has 1 aromatic rings. The molecule has 1 amide bonds. The number of carbonyl (C=O) groups is 1. The summed E-state index contributed by atoms with van der Waals surface area (Å²) in [6, 6.07) is 2.33. The molecule has 10 nitrogen and oxygen atoms in total. The van der Waals surface area contributed by atoms with Gasteiger partial charge in [0.05, 0.1) is 16.9 Å². The van der Waals surface area contributed by atoms with Crippen LogP contribution in [0.3, 0.4) is 0 Å². The molecule has 0 unspecified atom stereocenters. The van der Waals surface area contributed by atoms with Crippen molar-refractivity contribution in [3.63, 3.8) is 0 Å². The molecule has 2 fully saturated rings. The number of nitrogens with one attached hydrogen (secondary N) is 3. The lowest BCUT2D eigenvalue weighted by atomic mass is 9.95. The highest BCUT2D eigenvalue weighted by Gasteiger charge is 2.33. The van der Waals surface area contributed by atoms with E-state index in [1.54, 1.807) is 0 Å². The van der Waals surface area contributed by atoms with Gasteiger partial charge in [0.1, 0.15) is 11.4 Å². The van der Waals surface area contributed by atoms with E-state index >= 15 is 0 Å². The fourth-order valence-corrected chi connectivity index (χ4v) is 7.24. The van der Waals surface area contributed by atoms with E-state index in [1.165, 1.54) is 5.69 Å². The van der Waals surface area contributed by atoms with Gasteiger partial charge in [-0.15, -0.1) is 0 Å². The van der Waals surface area contributed by atoms with Gasteiger partial charge >= 0.3 is 6.09 Å². The molecular weight excluding hydrogens is 530 g/mol. The third-order valence-electron chi connectivity index (χ3n) is 7.74. The summed E-state index contributed by atoms with van der Waals surface area (Å²) in [6.45, 7) is 12.9. The van der Waals surface area contributed by atoms with E-state index in [4.69, 9.17) is 9.84 Å². The van der Waals surface area contributed by atoms with E-state index in [1.807, 2.05) is 20.8 Å². The monoisotopic (exact) mass is 583 g/mol. The molecular formula is C29H53N5O5S. The number of aliphatic hydroxyl groups excluding tert-OH is 1. The number of hydrogen-bond donors (Lipinski definition) is 4. The topological polar surface area (TPSA) is 135 Å². The maximum absolute atomic E-state index is 12.9. The number of rotatable bonds is 12. The Bertz CT molecular complexity index is 1050. The zero-order valence-corrected chi connectivity index (χ0v) is 26.3. The number of aliphatic hydroxyl groups is 1. The molecule has 0 radical (unpaired) electrons. The Labute approximate surface area is 241 Å². The van der Waals surface area contributed by atoms with E-state index in [-0.39, 0.29) is 22.9 Å². The van der Waals surface area contributed by atoms with Crippen LogP contribution in [0.4, 0.5) is 10.6 Å². The molecule has 2 atom stereocenters. The maximum Gasteiger partial charge on any atom is 0.407 e. The fraction of sp³-hybridized carbons (Fsp3) is 0.862. The highest BCUT2D eigenvalue weighted by molar-refractivity contribution is 7.90. The summed E-state index contributed by atoms with van der Waals surface area (Å²) in [6.07, 6.45) is 8.22. The van der Waals surface area contributed by atoms with Crippen molar-refractivity contribution in [2.24, 2.45) is 0 Å². The van der Waals surface area contributed by atoms with Crippen molar-refractivity contribution >= 4 is 21.9 Å². The van der Waals surface area contributed by atoms with Gasteiger partial charge in [-0.3, -0.25) is 4.68 Å². The quantitative estimate of drug-likeness (QED) is 0.255. The third-order valence-corrected chi connectivity index (χ3v) is 9.69. The van der Waals surface area contributed by atoms with Crippen molar-refractivity contribution in [1.29, 1.82) is 0 Å². The molecule has 3 rings (SSSR count). The molecule has 0 aliphatic heterocycles. The van der Waals surface area contributed by atoms with E-state index in [9.17, 15) is 18.3 Å². The van der Waals surface area contributed by atoms with Gasteiger partial charge in [0.15, 0.2) is 0 Å². The number of amides is 1. The number of nitrogens with zero attached hydrogens (tertiary/aromatic N) is 2. The fourth-order valence-electron chi connectivity index (χ4n) is 5.69. The van der Waals surface area contributed by atoms with E-state index in [0.29, 0.717) is 31.8 Å². The standard InChI is InChI=1S/C29H53N5O5S/c1-28(2,3)34-25(21-11-14-23(35)19-21)20-26(33-34)32-22-12-15-24(16-13-22)40(37,38)31-18-10-8-7-9-17-30-27(36)39-29(4,5)6/h20-24,31,35H,7-19H2,1-6H3,(H,30,36)(H,32,33)/t21-,22?,23+,24?/m0/s1. The summed E-state index contributed by atoms with van der Waals surface area (Å²) in [7, 11) is -3.34. The number of anilines is 1. The first-order chi connectivity index (χ1) is 18.6. The molecule has 2 aliphatic carbocycles. The van der Waals surface area contributed by atoms with Gasteiger partial charge in [0.2, 0.25) is 10.0 Å². The van der Waals surface area contributed by atoms with Crippen LogP contribution in [0.15, 0.2) is 6.07 Å². The Morgan fingerprint density at radius 1 is 1.00 bits per heavy atom. The smallest absolute Gasteiger partial charge is 0.407 e. The predicted octanol–water partition coefficient (Wildman–Crippen LogP) is 4.99. The lowest BCUT2D eigenvalue weighted by Gasteiger charge is -2.29. The number of sulfonamides is 1. The average molecular weight is 584 g/mol. The Hall–Kier alpha value is -1.85. The van der Waals surface area contributed by atoms with Crippen molar-refractivity contribution in [1.82, 2.24) is 19.8 Å². The minimum atomic E-state index is -3.34. The molecule has 4 N–H and O–H groups in total. The highest BCUT2D eigenvalue weighted by Crippen LogP contribution is 2.38. The number of aromatic nitrogens is 2. The van der Waals surface area contributed by atoms with E-state index < -0.39 is 21.7 Å². The largest absolute Gasteiger partial charge is 0.444 e. The molecule has 0 bridgehead atoms. The van der Waals surface area contributed by atoms with Gasteiger partial charge in [0.25, 0.3) is 0 Å². The maximum atomic E-state index is 12.9. The highest BCUT2D eigenvalue weighted by atomic mass is 32.2. The molecule has 2 saturated carbocycles. The molecule has 0 spiro atoms. The Balaban J connectivity index is 1.36. The summed E-state index contributed by atoms with van der Waals surface area (Å²) in [5.74, 6) is 1.16. The van der Waals surface area contributed by atoms with E-state index in [0.717, 1.165) is 63.6 Å². The number of alkyl carbamates (subject to hydrolysis) is 1. The summed E-state index contributed by atoms with van der Waals surface area (Å²) >= 11 is 0. The first-order valence-corrected chi connectivity index (χ1v) is 16.7. The number of carbonyl (C=O) groups excluding carboxylic acids is 1. The molecule has 2 aliphatic rings. The van der Waals surface area contributed by atoms with Gasteiger partial charge < -0.3 is 20.5 Å². The second kappa shape index (κ2) is 13.9. The zero-order valence-electron chi connectivity index (χ0n) is 25.5. The van der Waals surface area contributed by atoms with Gasteiger partial charge in [-0.2, -0.15) is 5.10 Å². The van der Waals surface area contributed by atoms with Crippen LogP contribution in [0.2, 0.25) is 0 Å². The van der Waals surface area contributed by atoms with Crippen molar-refractivity contribution in [2.75, 3.05) is 18.4 Å². The lowest BCUT2D eigenvalue weighted by Crippen LogP contribution is -2.39. The Kier molecular flexibility index (Phi) is 11.3. The summed E-state index contributed by atoms with van der Waals surface area (Å²) in [4.78, 5) is 11.7. The lowest BCUT2D eigenvalue weighted by molar-refractivity contribution is 0.0527. The van der Waals surface area contributed by atoms with Gasteiger partial charge in [-0.25, -0.2) is 17.9 Å². The van der Waals surface area contributed by atoms with Crippen LogP contribution in [0, 0.1) is 0 Å². The van der Waals surface area contributed by atoms with Crippen LogP contribution >= 0.6 is 0 Å². The van der Waals surface area contributed by atoms with Crippen LogP contribution in [0.25, 0.3) is 0 Å². The first kappa shape index (κ1) is 32.7. The second-order valence-corrected chi connectivity index (χ2v) is 15.6. The Morgan fingerprint density at radius 3 is 2.23 bits per heavy atom. The van der Waals surface area contributed by atoms with Crippen LogP contribution in [0.5, 0.6) is 0 Å². The summed E-state index contributed by atoms with van der Waals surface area (Å²) in [5, 5.41) is 20.9. The van der Waals surface area contributed by atoms with Crippen molar-refractivity contribution in [2.45, 2.75) is 147 Å². The van der Waals surface area contributed by atoms with E-state index in [2.05, 4.69) is 46.9 Å². The zero-order chi connectivity index (χ0) is 29.6. The molecule has 0 saturated heterocycles. The first-order valence-electron chi connectivity index (χ1n) is 15.1. The number of hydrogen-bond acceptors (Lipinski definition) is 7. The molecule has 1 heterocycles.